The first-order valence-electron chi connectivity index (χ1n) is 10.00. The summed E-state index contributed by atoms with van der Waals surface area (Å²) in [5, 5.41) is 3.07. The van der Waals surface area contributed by atoms with Crippen LogP contribution in [-0.2, 0) is 11.3 Å². The van der Waals surface area contributed by atoms with Gasteiger partial charge in [0.25, 0.3) is 0 Å². The Morgan fingerprint density at radius 3 is 3.00 bits per heavy atom. The second-order valence-corrected chi connectivity index (χ2v) is 7.64. The maximum atomic E-state index is 12.8. The molecule has 4 rings (SSSR count). The lowest BCUT2D eigenvalue weighted by molar-refractivity contribution is 0.186. The molecule has 7 heteroatoms. The monoisotopic (exact) mass is 393 g/mol. The zero-order valence-electron chi connectivity index (χ0n) is 17.2. The number of urea groups is 1. The van der Waals surface area contributed by atoms with E-state index < -0.39 is 0 Å². The van der Waals surface area contributed by atoms with Gasteiger partial charge in [0, 0.05) is 44.5 Å². The summed E-state index contributed by atoms with van der Waals surface area (Å²) in [6.45, 7) is 6.69. The average Bonchev–Trinajstić information content (AvgIpc) is 3.34. The summed E-state index contributed by atoms with van der Waals surface area (Å²) in [6.07, 6.45) is 2.67. The van der Waals surface area contributed by atoms with Crippen LogP contribution < -0.4 is 5.32 Å². The van der Waals surface area contributed by atoms with E-state index in [4.69, 9.17) is 9.72 Å². The van der Waals surface area contributed by atoms with E-state index in [-0.39, 0.29) is 11.9 Å². The molecule has 0 spiro atoms. The van der Waals surface area contributed by atoms with Gasteiger partial charge in [-0.15, -0.1) is 0 Å². The number of ether oxygens (including phenoxy) is 1. The summed E-state index contributed by atoms with van der Waals surface area (Å²) in [7, 11) is 1.70. The molecule has 1 N–H and O–H groups in total. The maximum Gasteiger partial charge on any atom is 0.321 e. The lowest BCUT2D eigenvalue weighted by Crippen LogP contribution is -2.33. The predicted octanol–water partition coefficient (Wildman–Crippen LogP) is 3.72. The zero-order chi connectivity index (χ0) is 20.4. The Kier molecular flexibility index (Phi) is 5.49. The molecule has 1 fully saturated rings. The van der Waals surface area contributed by atoms with Gasteiger partial charge >= 0.3 is 6.03 Å². The molecular formula is C22H27N5O2. The Bertz CT molecular complexity index is 1030. The normalized spacial score (nSPS) is 16.5. The number of imidazole rings is 1. The minimum Gasteiger partial charge on any atom is -0.383 e. The molecule has 1 saturated heterocycles. The van der Waals surface area contributed by atoms with Gasteiger partial charge in [-0.2, -0.15) is 0 Å². The van der Waals surface area contributed by atoms with Gasteiger partial charge in [-0.05, 0) is 49.6 Å². The van der Waals surface area contributed by atoms with Gasteiger partial charge in [-0.25, -0.2) is 14.8 Å². The number of benzene rings is 1. The van der Waals surface area contributed by atoms with Crippen molar-refractivity contribution in [2.24, 2.45) is 0 Å². The second-order valence-electron chi connectivity index (χ2n) is 7.64. The van der Waals surface area contributed by atoms with Crippen LogP contribution in [0.1, 0.15) is 29.3 Å². The number of aryl methyl sites for hydroxylation is 2. The van der Waals surface area contributed by atoms with Gasteiger partial charge in [0.05, 0.1) is 6.61 Å². The highest BCUT2D eigenvalue weighted by Crippen LogP contribution is 2.29. The largest absolute Gasteiger partial charge is 0.383 e. The van der Waals surface area contributed by atoms with Crippen molar-refractivity contribution < 1.29 is 9.53 Å². The highest BCUT2D eigenvalue weighted by atomic mass is 16.5. The fraction of sp³-hybridized carbons (Fsp3) is 0.409. The van der Waals surface area contributed by atoms with Crippen molar-refractivity contribution >= 4 is 22.9 Å². The number of rotatable bonds is 5. The van der Waals surface area contributed by atoms with Crippen LogP contribution in [-0.4, -0.2) is 52.3 Å². The Hall–Kier alpha value is -2.93. The minimum absolute atomic E-state index is 0.0566. The molecular weight excluding hydrogens is 366 g/mol. The molecule has 0 bridgehead atoms. The van der Waals surface area contributed by atoms with Crippen LogP contribution in [0.5, 0.6) is 0 Å². The third kappa shape index (κ3) is 3.96. The second kappa shape index (κ2) is 8.21. The summed E-state index contributed by atoms with van der Waals surface area (Å²) >= 11 is 0. The van der Waals surface area contributed by atoms with E-state index in [1.54, 1.807) is 13.3 Å². The smallest absolute Gasteiger partial charge is 0.321 e. The Labute approximate surface area is 170 Å². The number of amides is 2. The van der Waals surface area contributed by atoms with Gasteiger partial charge in [-0.3, -0.25) is 0 Å². The van der Waals surface area contributed by atoms with Gasteiger partial charge in [0.15, 0.2) is 5.65 Å². The van der Waals surface area contributed by atoms with E-state index in [2.05, 4.69) is 20.9 Å². The number of carbonyl (C=O) groups excluding carboxylic acids is 1. The summed E-state index contributed by atoms with van der Waals surface area (Å²) in [5.41, 5.74) is 4.82. The number of nitrogens with one attached hydrogen (secondary N) is 1. The number of hydrogen-bond donors (Lipinski definition) is 1. The van der Waals surface area contributed by atoms with Crippen molar-refractivity contribution in [2.75, 3.05) is 32.1 Å². The highest BCUT2D eigenvalue weighted by Gasteiger charge is 2.31. The van der Waals surface area contributed by atoms with Crippen molar-refractivity contribution in [3.05, 3.63) is 53.5 Å². The topological polar surface area (TPSA) is 72.3 Å². The van der Waals surface area contributed by atoms with Crippen molar-refractivity contribution in [3.8, 4) is 0 Å². The average molecular weight is 393 g/mol. The summed E-state index contributed by atoms with van der Waals surface area (Å²) in [5.74, 6) is 1.17. The van der Waals surface area contributed by atoms with Crippen LogP contribution in [0.2, 0.25) is 0 Å². The van der Waals surface area contributed by atoms with Crippen LogP contribution in [0.3, 0.4) is 0 Å². The van der Waals surface area contributed by atoms with Crippen LogP contribution in [0.25, 0.3) is 11.2 Å². The van der Waals surface area contributed by atoms with E-state index in [9.17, 15) is 4.79 Å². The highest BCUT2D eigenvalue weighted by molar-refractivity contribution is 5.90. The molecule has 0 aliphatic carbocycles. The number of likely N-dealkylation sites (tertiary alicyclic amines) is 1. The summed E-state index contributed by atoms with van der Waals surface area (Å²) in [6, 6.07) is 9.92. The molecule has 0 saturated carbocycles. The lowest BCUT2D eigenvalue weighted by atomic mass is 10.1. The molecule has 1 aromatic carbocycles. The minimum atomic E-state index is -0.0566. The quantitative estimate of drug-likeness (QED) is 0.717. The number of pyridine rings is 1. The number of fused-ring (bicyclic) bond motifs is 1. The number of carbonyl (C=O) groups is 1. The SMILES string of the molecule is COCCn1c([C@H]2CCN(C(=O)Nc3cc(C)ccc3C)C2)nc2cccnc21. The molecule has 2 amide bonds. The van der Waals surface area contributed by atoms with Crippen LogP contribution >= 0.6 is 0 Å². The number of methoxy groups -OCH3 is 1. The Balaban J connectivity index is 1.52. The predicted molar refractivity (Wildman–Crippen MR) is 113 cm³/mol. The summed E-state index contributed by atoms with van der Waals surface area (Å²) in [4.78, 5) is 24.1. The molecule has 1 aliphatic rings. The molecule has 1 aliphatic heterocycles. The van der Waals surface area contributed by atoms with E-state index in [0.29, 0.717) is 26.2 Å². The molecule has 0 unspecified atom stereocenters. The fourth-order valence-electron chi connectivity index (χ4n) is 3.91. The Morgan fingerprint density at radius 1 is 1.31 bits per heavy atom. The fourth-order valence-corrected chi connectivity index (χ4v) is 3.91. The number of hydrogen-bond acceptors (Lipinski definition) is 4. The maximum absolute atomic E-state index is 12.8. The van der Waals surface area contributed by atoms with E-state index in [1.165, 1.54) is 0 Å². The van der Waals surface area contributed by atoms with E-state index in [0.717, 1.165) is 40.2 Å². The van der Waals surface area contributed by atoms with Crippen molar-refractivity contribution in [1.29, 1.82) is 0 Å². The third-order valence-electron chi connectivity index (χ3n) is 5.53. The molecule has 3 aromatic rings. The zero-order valence-corrected chi connectivity index (χ0v) is 17.2. The third-order valence-corrected chi connectivity index (χ3v) is 5.53. The van der Waals surface area contributed by atoms with Crippen molar-refractivity contribution in [2.45, 2.75) is 32.7 Å². The first kappa shape index (κ1) is 19.4. The van der Waals surface area contributed by atoms with E-state index in [1.807, 2.05) is 43.0 Å². The van der Waals surface area contributed by atoms with Crippen molar-refractivity contribution in [3.63, 3.8) is 0 Å². The molecule has 29 heavy (non-hydrogen) atoms. The Morgan fingerprint density at radius 2 is 2.17 bits per heavy atom. The van der Waals surface area contributed by atoms with Gasteiger partial charge in [0.1, 0.15) is 11.3 Å². The standard InChI is InChI=1S/C22H27N5O2/c1-15-6-7-16(2)19(13-15)25-22(28)26-10-8-17(14-26)20-24-18-5-4-9-23-21(18)27(20)11-12-29-3/h4-7,9,13,17H,8,10-12,14H2,1-3H3,(H,25,28)/t17-/m0/s1. The first-order valence-corrected chi connectivity index (χ1v) is 10.00. The first-order chi connectivity index (χ1) is 14.1. The van der Waals surface area contributed by atoms with E-state index >= 15 is 0 Å². The molecule has 0 radical (unpaired) electrons. The molecule has 7 nitrogen and oxygen atoms in total. The number of aromatic nitrogens is 3. The molecule has 1 atom stereocenters. The van der Waals surface area contributed by atoms with Crippen molar-refractivity contribution in [1.82, 2.24) is 19.4 Å². The van der Waals surface area contributed by atoms with Crippen LogP contribution in [0.4, 0.5) is 10.5 Å². The number of anilines is 1. The molecule has 2 aromatic heterocycles. The number of nitrogens with zero attached hydrogens (tertiary/aromatic N) is 4. The van der Waals surface area contributed by atoms with Gasteiger partial charge in [-0.1, -0.05) is 12.1 Å². The molecule has 3 heterocycles. The summed E-state index contributed by atoms with van der Waals surface area (Å²) < 4.78 is 7.41. The van der Waals surface area contributed by atoms with Crippen LogP contribution in [0.15, 0.2) is 36.5 Å². The van der Waals surface area contributed by atoms with Gasteiger partial charge in [0.2, 0.25) is 0 Å². The lowest BCUT2D eigenvalue weighted by Gasteiger charge is -2.19. The van der Waals surface area contributed by atoms with Gasteiger partial charge < -0.3 is 19.5 Å². The van der Waals surface area contributed by atoms with Crippen LogP contribution in [0, 0.1) is 13.8 Å². The molecule has 152 valence electrons.